The maximum Gasteiger partial charge on any atom is 0.640 e. The summed E-state index contributed by atoms with van der Waals surface area (Å²) in [5.74, 6) is -2.15. The number of halogens is 16. The van der Waals surface area contributed by atoms with Gasteiger partial charge in [-0.3, -0.25) is 0 Å². The van der Waals surface area contributed by atoms with E-state index in [1.54, 1.807) is 62.5 Å². The molecule has 5 fully saturated rings. The fourth-order valence-corrected chi connectivity index (χ4v) is 14.9. The van der Waals surface area contributed by atoms with Crippen molar-refractivity contribution in [3.63, 3.8) is 0 Å². The lowest BCUT2D eigenvalue weighted by molar-refractivity contribution is -0.0214. The van der Waals surface area contributed by atoms with E-state index in [0.29, 0.717) is 66.1 Å². The molecule has 9 aromatic carbocycles. The summed E-state index contributed by atoms with van der Waals surface area (Å²) in [6.45, 7) is 27.3. The second-order valence-corrected chi connectivity index (χ2v) is 40.3. The monoisotopic (exact) mass is 2650 g/mol. The molecule has 0 bridgehead atoms. The highest BCUT2D eigenvalue weighted by Gasteiger charge is 2.53. The molecular formula is C88H102B8Br2F8I6O21. The van der Waals surface area contributed by atoms with Gasteiger partial charge in [0.25, 0.3) is 0 Å². The first-order chi connectivity index (χ1) is 63.1. The van der Waals surface area contributed by atoms with Crippen molar-refractivity contribution in [3.05, 3.63) is 303 Å². The van der Waals surface area contributed by atoms with Crippen LogP contribution in [0.3, 0.4) is 0 Å². The minimum atomic E-state index is -0.820. The molecule has 5 aliphatic rings. The van der Waals surface area contributed by atoms with Gasteiger partial charge in [-0.05, 0) is 406 Å². The van der Waals surface area contributed by atoms with Crippen molar-refractivity contribution in [2.24, 2.45) is 5.41 Å². The van der Waals surface area contributed by atoms with Crippen LogP contribution in [0.1, 0.15) is 124 Å². The van der Waals surface area contributed by atoms with Gasteiger partial charge in [-0.25, -0.2) is 35.1 Å². The van der Waals surface area contributed by atoms with Crippen molar-refractivity contribution < 1.29 is 133 Å². The Morgan fingerprint density at radius 2 is 0.684 bits per heavy atom. The molecule has 0 saturated carbocycles. The molecule has 0 amide bonds. The van der Waals surface area contributed by atoms with Gasteiger partial charge in [0.1, 0.15) is 46.5 Å². The van der Waals surface area contributed by atoms with E-state index in [0.717, 1.165) is 93.3 Å². The predicted molar refractivity (Wildman–Crippen MR) is 556 cm³/mol. The van der Waals surface area contributed by atoms with E-state index in [-0.39, 0.29) is 111 Å². The van der Waals surface area contributed by atoms with E-state index >= 15 is 0 Å². The number of benzene rings is 9. The Kier molecular flexibility index (Phi) is 54.2. The normalized spacial score (nSPS) is 15.8. The van der Waals surface area contributed by atoms with Gasteiger partial charge >= 0.3 is 58.0 Å². The quantitative estimate of drug-likeness (QED) is 0.0275. The third-order valence-electron chi connectivity index (χ3n) is 19.1. The number of hydrogen-bond donors (Lipinski definition) is 1. The highest BCUT2D eigenvalue weighted by molar-refractivity contribution is 14.1. The van der Waals surface area contributed by atoms with Crippen LogP contribution in [-0.2, 0) is 146 Å². The van der Waals surface area contributed by atoms with Crippen molar-refractivity contribution in [2.45, 2.75) is 165 Å². The standard InChI is InChI=1S/C15H13BFIO3.C13H17BFIO3.C12H15BBrFO3.C11H13BBrFO3.C11H15BFIO2.C9H9BFIO3.C9H11BFIO2.C8H9BFIO2/c17-13-6-7-14(18)12(8-13)9-19-16-20-10-15(21-16)11-4-2-1-3-5-11;1-12(2)13(3,4)19-14(18-12)17-8-9-7-10(15)5-6-11(9)16;1-12(2)7-17-13(18-8-12)16-6-9-5-10(15)3-4-11(9)14;13-11-4-3-10(14)7-9(11)8-17-12-15-5-1-2-6-16-12;1-8(2)16-12(3)15-7-9-6-10(13)4-5-11(9)14;11-8-1-2-9(12)7(5-8)6-15-10-13-3-4-14-10;1-10(13-2)14-6-7-5-8(11)3-4-9(7)12;1-9(12)13-5-6-4-7(10)2-3-8(6)11/h1-8,15H,9-10H2;5-7H,8H2,1-4H3;3-5H,6-8H2,1-2H3;3-4,7H,1-2,5-6,8H2;4-6,8H,7H2,1-3H3;1-2,5H,3-4,6H2;3-5H,6H2,1-2H3;2-4,12H,5H2,1H3. The average Bonchev–Trinajstić information content (AvgIpc) is 1.63. The predicted octanol–water partition coefficient (Wildman–Crippen LogP) is 23.6. The molecule has 716 valence electrons. The van der Waals surface area contributed by atoms with Gasteiger partial charge in [0.05, 0.1) is 90.0 Å². The zero-order valence-electron chi connectivity index (χ0n) is 75.2. The van der Waals surface area contributed by atoms with Crippen LogP contribution in [0.15, 0.2) is 185 Å². The highest BCUT2D eigenvalue weighted by Crippen LogP contribution is 2.38. The third-order valence-corrected chi connectivity index (χ3v) is 26.9. The maximum absolute atomic E-state index is 13.2. The molecule has 45 heteroatoms. The summed E-state index contributed by atoms with van der Waals surface area (Å²) in [7, 11) is -3.16. The Morgan fingerprint density at radius 3 is 1.04 bits per heavy atom. The van der Waals surface area contributed by atoms with Crippen molar-refractivity contribution >= 4 is 225 Å². The van der Waals surface area contributed by atoms with E-state index in [1.807, 2.05) is 78.7 Å². The van der Waals surface area contributed by atoms with Gasteiger partial charge in [0.2, 0.25) is 0 Å². The molecule has 5 heterocycles. The second kappa shape index (κ2) is 61.4. The van der Waals surface area contributed by atoms with Crippen LogP contribution in [0.5, 0.6) is 0 Å². The SMILES string of the molecule is CB(O)OCc1cc(F)ccc1I.CB(OCc1cc(F)ccc1I)OC(C)C.CC1(C)COB(OCc2cc(F)ccc2Br)OC1.CC1(C)OB(OCc2cc(F)ccc2I)OC1(C)C.COB(C)OCc1cc(F)ccc1I.Fc1ccc(Br)c(COB2OCCCCO2)c1.Fc1ccc(I)c(COB2OCC(c3ccccc3)O2)c1.Fc1ccc(I)c(COB2OCCO2)c1. The van der Waals surface area contributed by atoms with Gasteiger partial charge in [-0.1, -0.05) is 76.0 Å². The molecule has 0 radical (unpaired) electrons. The molecular weight excluding hydrogens is 2550 g/mol. The fourth-order valence-electron chi connectivity index (χ4n) is 11.2. The smallest absolute Gasteiger partial charge is 0.427 e. The Labute approximate surface area is 875 Å². The molecule has 21 nitrogen and oxygen atoms in total. The van der Waals surface area contributed by atoms with Crippen LogP contribution in [0.4, 0.5) is 35.1 Å². The van der Waals surface area contributed by atoms with E-state index < -0.39 is 54.9 Å². The highest BCUT2D eigenvalue weighted by atomic mass is 127. The molecule has 14 rings (SSSR count). The van der Waals surface area contributed by atoms with Crippen LogP contribution in [0, 0.1) is 73.4 Å². The fraction of sp³-hybridized carbons (Fsp3) is 0.386. The van der Waals surface area contributed by atoms with Crippen molar-refractivity contribution in [1.29, 1.82) is 0 Å². The van der Waals surface area contributed by atoms with Crippen LogP contribution >= 0.6 is 167 Å². The van der Waals surface area contributed by atoms with Gasteiger partial charge in [0, 0.05) is 75.4 Å². The molecule has 0 aromatic heterocycles. The van der Waals surface area contributed by atoms with Gasteiger partial charge in [-0.2, -0.15) is 0 Å². The number of rotatable bonds is 28. The van der Waals surface area contributed by atoms with Gasteiger partial charge < -0.3 is 98.1 Å². The Hall–Kier alpha value is -2.56. The van der Waals surface area contributed by atoms with E-state index in [2.05, 4.69) is 181 Å². The van der Waals surface area contributed by atoms with Gasteiger partial charge in [-0.15, -0.1) is 0 Å². The van der Waals surface area contributed by atoms with Crippen LogP contribution in [0.25, 0.3) is 0 Å². The van der Waals surface area contributed by atoms with Crippen LogP contribution in [0.2, 0.25) is 20.5 Å². The summed E-state index contributed by atoms with van der Waals surface area (Å²) < 4.78 is 219. The van der Waals surface area contributed by atoms with Crippen LogP contribution < -0.4 is 0 Å². The Balaban J connectivity index is 0.000000208. The minimum Gasteiger partial charge on any atom is -0.427 e. The molecule has 0 spiro atoms. The first-order valence-electron chi connectivity index (χ1n) is 41.8. The lowest BCUT2D eigenvalue weighted by Gasteiger charge is -2.32. The zero-order chi connectivity index (χ0) is 97.4. The van der Waals surface area contributed by atoms with Crippen molar-refractivity contribution in [3.8, 4) is 0 Å². The Morgan fingerprint density at radius 1 is 0.383 bits per heavy atom. The topological polar surface area (TPSA) is 205 Å². The zero-order valence-corrected chi connectivity index (χ0v) is 91.3. The molecule has 0 aliphatic carbocycles. The lowest BCUT2D eigenvalue weighted by atomic mass is 9.90. The van der Waals surface area contributed by atoms with E-state index in [4.69, 9.17) is 98.1 Å². The molecule has 133 heavy (non-hydrogen) atoms. The van der Waals surface area contributed by atoms with E-state index in [1.165, 1.54) is 104 Å². The summed E-state index contributed by atoms with van der Waals surface area (Å²) in [5, 5.41) is 8.86. The molecule has 5 saturated heterocycles. The van der Waals surface area contributed by atoms with Crippen molar-refractivity contribution in [2.75, 3.05) is 53.4 Å². The summed E-state index contributed by atoms with van der Waals surface area (Å²) in [5.41, 5.74) is 6.50. The Bertz CT molecular complexity index is 4960. The third kappa shape index (κ3) is 45.3. The molecule has 1 atom stereocenters. The first kappa shape index (κ1) is 117. The summed E-state index contributed by atoms with van der Waals surface area (Å²) in [4.78, 5) is 0. The molecule has 1 unspecified atom stereocenters. The van der Waals surface area contributed by atoms with Crippen LogP contribution in [-0.4, -0.2) is 134 Å². The second-order valence-electron chi connectivity index (χ2n) is 31.6. The molecule has 9 aromatic rings. The number of hydrogen-bond acceptors (Lipinski definition) is 21. The van der Waals surface area contributed by atoms with Gasteiger partial charge in [0.15, 0.2) is 0 Å². The minimum absolute atomic E-state index is 0.0132. The van der Waals surface area contributed by atoms with Crippen molar-refractivity contribution in [1.82, 2.24) is 0 Å². The molecule has 5 aliphatic heterocycles. The molecule has 1 N–H and O–H groups in total. The summed E-state index contributed by atoms with van der Waals surface area (Å²) in [6.07, 6.45) is 1.96. The lowest BCUT2D eigenvalue weighted by Crippen LogP contribution is -2.42. The average molecular weight is 2660 g/mol. The first-order valence-corrected chi connectivity index (χ1v) is 49.9. The largest absolute Gasteiger partial charge is 0.640 e. The summed E-state index contributed by atoms with van der Waals surface area (Å²) >= 11 is 19.5. The van der Waals surface area contributed by atoms with E-state index in [9.17, 15) is 35.1 Å². The maximum atomic E-state index is 13.2. The summed E-state index contributed by atoms with van der Waals surface area (Å²) in [6, 6.07) is 46.4.